The van der Waals surface area contributed by atoms with E-state index >= 15 is 0 Å². The molecule has 5 rings (SSSR count). The molecule has 1 aliphatic heterocycles. The highest BCUT2D eigenvalue weighted by Gasteiger charge is 2.55. The van der Waals surface area contributed by atoms with Gasteiger partial charge in [-0.15, -0.1) is 0 Å². The van der Waals surface area contributed by atoms with Crippen molar-refractivity contribution in [3.63, 3.8) is 0 Å². The number of hydrogen-bond acceptors (Lipinski definition) is 4. The van der Waals surface area contributed by atoms with Gasteiger partial charge in [0.15, 0.2) is 5.78 Å². The van der Waals surface area contributed by atoms with E-state index in [-0.39, 0.29) is 12.8 Å². The Bertz CT molecular complexity index is 1340. The second-order valence-corrected chi connectivity index (χ2v) is 9.17. The number of benzene rings is 1. The maximum absolute atomic E-state index is 13.6. The molecule has 2 fully saturated rings. The van der Waals surface area contributed by atoms with Crippen molar-refractivity contribution in [2.24, 2.45) is 0 Å². The molecule has 1 aromatic carbocycles. The number of carbonyl (C=O) groups excluding carboxylic acids is 3. The van der Waals surface area contributed by atoms with E-state index in [0.29, 0.717) is 17.1 Å². The minimum Gasteiger partial charge on any atom is -0.323 e. The first-order valence-corrected chi connectivity index (χ1v) is 11.2. The topological polar surface area (TPSA) is 84.3 Å². The molecule has 2 aromatic heterocycles. The molecule has 1 aliphatic carbocycles. The number of aryl methyl sites for hydroxylation is 1. The fraction of sp³-hybridized carbons (Fsp3) is 0.360. The summed E-state index contributed by atoms with van der Waals surface area (Å²) in [7, 11) is 0. The monoisotopic (exact) mass is 466 g/mol. The number of urea groups is 1. The Kier molecular flexibility index (Phi) is 5.03. The number of rotatable bonds is 4. The Morgan fingerprint density at radius 3 is 2.50 bits per heavy atom. The summed E-state index contributed by atoms with van der Waals surface area (Å²) in [6.07, 6.45) is -1.23. The van der Waals surface area contributed by atoms with Crippen LogP contribution in [0.5, 0.6) is 0 Å². The normalized spacial score (nSPS) is 19.1. The third kappa shape index (κ3) is 3.55. The Hall–Kier alpha value is -3.62. The highest BCUT2D eigenvalue weighted by molar-refractivity contribution is 6.11. The summed E-state index contributed by atoms with van der Waals surface area (Å²) in [5, 5.41) is 3.57. The number of alkyl halides is 2. The lowest BCUT2D eigenvalue weighted by molar-refractivity contribution is -0.135. The number of hydrogen-bond donors (Lipinski definition) is 1. The van der Waals surface area contributed by atoms with Crippen LogP contribution in [0.25, 0.3) is 16.7 Å². The van der Waals surface area contributed by atoms with E-state index in [4.69, 9.17) is 4.98 Å². The predicted octanol–water partition coefficient (Wildman–Crippen LogP) is 4.32. The number of para-hydroxylation sites is 1. The highest BCUT2D eigenvalue weighted by Crippen LogP contribution is 2.41. The number of nitrogens with zero attached hydrogens (tertiary/aromatic N) is 3. The zero-order chi connectivity index (χ0) is 24.3. The van der Waals surface area contributed by atoms with Crippen LogP contribution in [0.4, 0.5) is 13.6 Å². The average Bonchev–Trinajstić information content (AvgIpc) is 3.23. The van der Waals surface area contributed by atoms with Gasteiger partial charge in [0.2, 0.25) is 5.92 Å². The van der Waals surface area contributed by atoms with Crippen molar-refractivity contribution in [3.8, 4) is 5.82 Å². The largest absolute Gasteiger partial charge is 0.325 e. The molecule has 1 spiro atoms. The van der Waals surface area contributed by atoms with E-state index in [1.54, 1.807) is 13.0 Å². The van der Waals surface area contributed by atoms with Crippen LogP contribution >= 0.6 is 0 Å². The molecule has 2 aliphatic rings. The number of imide groups is 1. The molecule has 7 nitrogen and oxygen atoms in total. The van der Waals surface area contributed by atoms with Crippen molar-refractivity contribution in [1.29, 1.82) is 0 Å². The first-order valence-electron chi connectivity index (χ1n) is 11.2. The zero-order valence-electron chi connectivity index (χ0n) is 18.9. The zero-order valence-corrected chi connectivity index (χ0v) is 18.9. The molecule has 3 amide bonds. The Morgan fingerprint density at radius 2 is 1.76 bits per heavy atom. The minimum absolute atomic E-state index is 0.141. The van der Waals surface area contributed by atoms with Gasteiger partial charge in [-0.25, -0.2) is 18.6 Å². The third-order valence-electron chi connectivity index (χ3n) is 6.93. The van der Waals surface area contributed by atoms with Gasteiger partial charge >= 0.3 is 6.03 Å². The number of halogens is 2. The lowest BCUT2D eigenvalue weighted by atomic mass is 9.80. The van der Waals surface area contributed by atoms with Crippen molar-refractivity contribution in [2.45, 2.75) is 51.0 Å². The lowest BCUT2D eigenvalue weighted by Crippen LogP contribution is -2.51. The first kappa shape index (κ1) is 22.2. The molecule has 34 heavy (non-hydrogen) atoms. The molecule has 3 heterocycles. The van der Waals surface area contributed by atoms with E-state index in [2.05, 4.69) is 5.32 Å². The van der Waals surface area contributed by atoms with Crippen LogP contribution in [0.15, 0.2) is 42.5 Å². The Balaban J connectivity index is 1.39. The maximum atomic E-state index is 13.6. The molecule has 0 bridgehead atoms. The van der Waals surface area contributed by atoms with Gasteiger partial charge in [-0.2, -0.15) is 0 Å². The van der Waals surface area contributed by atoms with Crippen LogP contribution in [-0.4, -0.2) is 50.2 Å². The van der Waals surface area contributed by atoms with Gasteiger partial charge in [-0.3, -0.25) is 14.5 Å². The number of aromatic nitrogens is 2. The standard InChI is InChI=1S/C25H24F2N4O3/c1-15-13-18(16(2)31(15)21-8-7-17-5-3-4-6-19(17)28-21)20(32)14-30-22(33)24(29-23(30)34)9-11-25(26,27)12-10-24/h3-8,13H,9-12,14H2,1-2H3,(H,29,34). The summed E-state index contributed by atoms with van der Waals surface area (Å²) >= 11 is 0. The quantitative estimate of drug-likeness (QED) is 0.458. The fourth-order valence-electron chi connectivity index (χ4n) is 5.01. The van der Waals surface area contributed by atoms with Gasteiger partial charge in [0.1, 0.15) is 11.4 Å². The molecule has 0 atom stereocenters. The molecule has 1 saturated carbocycles. The molecule has 9 heteroatoms. The van der Waals surface area contributed by atoms with Crippen molar-refractivity contribution >= 4 is 28.6 Å². The van der Waals surface area contributed by atoms with E-state index in [0.717, 1.165) is 21.5 Å². The molecular formula is C25H24F2N4O3. The van der Waals surface area contributed by atoms with Crippen LogP contribution in [-0.2, 0) is 4.79 Å². The van der Waals surface area contributed by atoms with Gasteiger partial charge in [0.25, 0.3) is 5.91 Å². The van der Waals surface area contributed by atoms with Crippen molar-refractivity contribution in [3.05, 3.63) is 59.4 Å². The molecule has 176 valence electrons. The summed E-state index contributed by atoms with van der Waals surface area (Å²) in [6.45, 7) is 3.19. The summed E-state index contributed by atoms with van der Waals surface area (Å²) in [6, 6.07) is 12.5. The van der Waals surface area contributed by atoms with Gasteiger partial charge in [-0.1, -0.05) is 18.2 Å². The van der Waals surface area contributed by atoms with Crippen LogP contribution in [0.2, 0.25) is 0 Å². The Labute approximate surface area is 194 Å². The number of fused-ring (bicyclic) bond motifs is 1. The first-order chi connectivity index (χ1) is 16.1. The maximum Gasteiger partial charge on any atom is 0.325 e. The molecular weight excluding hydrogens is 442 g/mol. The van der Waals surface area contributed by atoms with E-state index in [9.17, 15) is 23.2 Å². The second-order valence-electron chi connectivity index (χ2n) is 9.17. The van der Waals surface area contributed by atoms with Crippen LogP contribution in [0.3, 0.4) is 0 Å². The average molecular weight is 466 g/mol. The number of pyridine rings is 1. The lowest BCUT2D eigenvalue weighted by Gasteiger charge is -2.34. The van der Waals surface area contributed by atoms with Crippen molar-refractivity contribution in [2.75, 3.05) is 6.54 Å². The van der Waals surface area contributed by atoms with Gasteiger partial charge in [0, 0.05) is 35.2 Å². The molecule has 1 saturated heterocycles. The summed E-state index contributed by atoms with van der Waals surface area (Å²) in [5.41, 5.74) is 1.29. The summed E-state index contributed by atoms with van der Waals surface area (Å²) in [5.74, 6) is -3.19. The third-order valence-corrected chi connectivity index (χ3v) is 6.93. The van der Waals surface area contributed by atoms with E-state index in [1.807, 2.05) is 47.9 Å². The molecule has 3 aromatic rings. The van der Waals surface area contributed by atoms with Gasteiger partial charge < -0.3 is 9.88 Å². The van der Waals surface area contributed by atoms with Crippen molar-refractivity contribution < 1.29 is 23.2 Å². The number of Topliss-reactive ketones (excluding diaryl/α,β-unsaturated/α-hetero) is 1. The summed E-state index contributed by atoms with van der Waals surface area (Å²) < 4.78 is 29.1. The molecule has 0 radical (unpaired) electrons. The Morgan fingerprint density at radius 1 is 1.06 bits per heavy atom. The number of ketones is 1. The highest BCUT2D eigenvalue weighted by atomic mass is 19.3. The SMILES string of the molecule is Cc1cc(C(=O)CN2C(=O)NC3(CCC(F)(F)CC3)C2=O)c(C)n1-c1ccc2ccccc2n1. The smallest absolute Gasteiger partial charge is 0.323 e. The van der Waals surface area contributed by atoms with Crippen LogP contribution in [0.1, 0.15) is 47.4 Å². The molecule has 1 N–H and O–H groups in total. The van der Waals surface area contributed by atoms with E-state index in [1.165, 1.54) is 0 Å². The van der Waals surface area contributed by atoms with Gasteiger partial charge in [-0.05, 0) is 51.0 Å². The fourth-order valence-corrected chi connectivity index (χ4v) is 5.01. The number of amides is 3. The van der Waals surface area contributed by atoms with Crippen LogP contribution in [0, 0.1) is 13.8 Å². The second kappa shape index (κ2) is 7.72. The summed E-state index contributed by atoms with van der Waals surface area (Å²) in [4.78, 5) is 44.3. The predicted molar refractivity (Wildman–Crippen MR) is 121 cm³/mol. The van der Waals surface area contributed by atoms with Crippen LogP contribution < -0.4 is 5.32 Å². The van der Waals surface area contributed by atoms with E-state index < -0.39 is 48.6 Å². The number of carbonyl (C=O) groups is 3. The van der Waals surface area contributed by atoms with Gasteiger partial charge in [0.05, 0.1) is 12.1 Å². The minimum atomic E-state index is -2.84. The number of nitrogens with one attached hydrogen (secondary N) is 1. The molecule has 0 unspecified atom stereocenters. The van der Waals surface area contributed by atoms with Crippen molar-refractivity contribution in [1.82, 2.24) is 19.8 Å².